The number of hydrogen-bond acceptors (Lipinski definition) is 3. The Balaban J connectivity index is 0.00000112. The Labute approximate surface area is 142 Å². The lowest BCUT2D eigenvalue weighted by molar-refractivity contribution is 0.379. The number of aromatic nitrogens is 2. The quantitative estimate of drug-likeness (QED) is 0.724. The fraction of sp³-hybridized carbons (Fsp3) is 0.500. The Morgan fingerprint density at radius 2 is 1.57 bits per heavy atom. The summed E-state index contributed by atoms with van der Waals surface area (Å²) in [7, 11) is 1.58. The summed E-state index contributed by atoms with van der Waals surface area (Å²) in [5.41, 5.74) is 4.50. The van der Waals surface area contributed by atoms with Crippen LogP contribution in [0.2, 0.25) is 0 Å². The second kappa shape index (κ2) is 11.6. The molecule has 0 saturated heterocycles. The van der Waals surface area contributed by atoms with E-state index in [1.165, 1.54) is 5.56 Å². The predicted octanol–water partition coefficient (Wildman–Crippen LogP) is 5.71. The third kappa shape index (κ3) is 6.81. The van der Waals surface area contributed by atoms with Crippen LogP contribution < -0.4 is 4.74 Å². The van der Waals surface area contributed by atoms with Gasteiger partial charge in [-0.15, -0.1) is 0 Å². The molecule has 1 aromatic carbocycles. The van der Waals surface area contributed by atoms with Gasteiger partial charge in [0.05, 0.1) is 12.8 Å². The van der Waals surface area contributed by atoms with Gasteiger partial charge in [-0.3, -0.25) is 0 Å². The van der Waals surface area contributed by atoms with E-state index in [-0.39, 0.29) is 0 Å². The summed E-state index contributed by atoms with van der Waals surface area (Å²) < 4.78 is 5.03. The maximum Gasteiger partial charge on any atom is 0.316 e. The van der Waals surface area contributed by atoms with Crippen molar-refractivity contribution in [2.75, 3.05) is 7.11 Å². The van der Waals surface area contributed by atoms with Crippen LogP contribution >= 0.6 is 0 Å². The molecule has 2 aromatic rings. The Morgan fingerprint density at radius 3 is 2.00 bits per heavy atom. The summed E-state index contributed by atoms with van der Waals surface area (Å²) in [6, 6.07) is 9.04. The van der Waals surface area contributed by atoms with E-state index >= 15 is 0 Å². The van der Waals surface area contributed by atoms with E-state index in [4.69, 9.17) is 4.74 Å². The monoisotopic (exact) mass is 316 g/mol. The minimum absolute atomic E-state index is 0.415. The van der Waals surface area contributed by atoms with E-state index in [0.29, 0.717) is 11.9 Å². The largest absolute Gasteiger partial charge is 0.467 e. The molecule has 3 nitrogen and oxygen atoms in total. The maximum absolute atomic E-state index is 5.03. The van der Waals surface area contributed by atoms with Gasteiger partial charge in [0.1, 0.15) is 0 Å². The third-order valence-electron chi connectivity index (χ3n) is 3.05. The molecule has 23 heavy (non-hydrogen) atoms. The zero-order valence-corrected chi connectivity index (χ0v) is 16.0. The molecule has 0 aliphatic heterocycles. The van der Waals surface area contributed by atoms with Gasteiger partial charge < -0.3 is 4.74 Å². The Kier molecular flexibility index (Phi) is 10.7. The first-order valence-corrected chi connectivity index (χ1v) is 8.57. The summed E-state index contributed by atoms with van der Waals surface area (Å²) in [5.74, 6) is 0.678. The highest BCUT2D eigenvalue weighted by atomic mass is 16.5. The molecule has 0 unspecified atom stereocenters. The second-order valence-electron chi connectivity index (χ2n) is 5.15. The van der Waals surface area contributed by atoms with Crippen LogP contribution in [0.5, 0.6) is 6.01 Å². The molecule has 0 bridgehead atoms. The van der Waals surface area contributed by atoms with Gasteiger partial charge in [0.25, 0.3) is 0 Å². The molecule has 128 valence electrons. The predicted molar refractivity (Wildman–Crippen MR) is 100.0 cm³/mol. The molecule has 3 heteroatoms. The van der Waals surface area contributed by atoms with E-state index in [1.807, 2.05) is 40.8 Å². The van der Waals surface area contributed by atoms with Crippen LogP contribution in [0.3, 0.4) is 0 Å². The number of methoxy groups -OCH3 is 1. The highest BCUT2D eigenvalue weighted by molar-refractivity contribution is 5.65. The lowest BCUT2D eigenvalue weighted by atomic mass is 9.99. The van der Waals surface area contributed by atoms with Crippen molar-refractivity contribution in [3.8, 4) is 17.1 Å². The highest BCUT2D eigenvalue weighted by Gasteiger charge is 2.06. The average Bonchev–Trinajstić information content (AvgIpc) is 2.59. The summed E-state index contributed by atoms with van der Waals surface area (Å²) in [5, 5.41) is 0. The lowest BCUT2D eigenvalue weighted by Crippen LogP contribution is -1.97. The zero-order valence-electron chi connectivity index (χ0n) is 16.0. The molecule has 0 radical (unpaired) electrons. The molecular weight excluding hydrogens is 284 g/mol. The van der Waals surface area contributed by atoms with Gasteiger partial charge in [0.15, 0.2) is 0 Å². The van der Waals surface area contributed by atoms with Gasteiger partial charge in [-0.2, -0.15) is 4.98 Å². The van der Waals surface area contributed by atoms with Crippen molar-refractivity contribution in [3.05, 3.63) is 41.7 Å². The van der Waals surface area contributed by atoms with Crippen LogP contribution in [0.15, 0.2) is 30.5 Å². The van der Waals surface area contributed by atoms with Crippen molar-refractivity contribution in [3.63, 3.8) is 0 Å². The Morgan fingerprint density at radius 1 is 1.00 bits per heavy atom. The van der Waals surface area contributed by atoms with Crippen LogP contribution in [0, 0.1) is 12.8 Å². The minimum Gasteiger partial charge on any atom is -0.467 e. The molecule has 0 spiro atoms. The first-order chi connectivity index (χ1) is 11.1. The van der Waals surface area contributed by atoms with Crippen molar-refractivity contribution < 1.29 is 4.74 Å². The van der Waals surface area contributed by atoms with Crippen LogP contribution in [-0.2, 0) is 6.42 Å². The van der Waals surface area contributed by atoms with Crippen molar-refractivity contribution in [2.24, 2.45) is 5.92 Å². The fourth-order valence-corrected chi connectivity index (χ4v) is 2.12. The molecule has 0 N–H and O–H groups in total. The summed E-state index contributed by atoms with van der Waals surface area (Å²) >= 11 is 0. The molecule has 0 fully saturated rings. The molecule has 2 rings (SSSR count). The third-order valence-corrected chi connectivity index (χ3v) is 3.05. The number of nitrogens with zero attached hydrogens (tertiary/aromatic N) is 2. The molecular formula is C20H32N2O. The molecule has 0 aliphatic carbocycles. The molecule has 0 atom stereocenters. The van der Waals surface area contributed by atoms with Crippen LogP contribution in [-0.4, -0.2) is 17.1 Å². The molecule has 0 amide bonds. The zero-order chi connectivity index (χ0) is 17.8. The summed E-state index contributed by atoms with van der Waals surface area (Å²) in [4.78, 5) is 8.48. The lowest BCUT2D eigenvalue weighted by Gasteiger charge is -2.08. The van der Waals surface area contributed by atoms with Crippen molar-refractivity contribution in [1.29, 1.82) is 0 Å². The van der Waals surface area contributed by atoms with Gasteiger partial charge in [0, 0.05) is 11.8 Å². The normalized spacial score (nSPS) is 9.43. The number of aryl methyl sites for hydroxylation is 1. The number of ether oxygens (including phenoxy) is 1. The fourth-order valence-electron chi connectivity index (χ4n) is 2.12. The van der Waals surface area contributed by atoms with E-state index in [1.54, 1.807) is 7.11 Å². The van der Waals surface area contributed by atoms with Crippen LogP contribution in [0.1, 0.15) is 52.8 Å². The minimum atomic E-state index is 0.415. The van der Waals surface area contributed by atoms with Gasteiger partial charge >= 0.3 is 6.01 Å². The maximum atomic E-state index is 5.03. The topological polar surface area (TPSA) is 35.0 Å². The molecule has 1 aromatic heterocycles. The number of hydrogen-bond donors (Lipinski definition) is 0. The van der Waals surface area contributed by atoms with Gasteiger partial charge in [0.2, 0.25) is 0 Å². The van der Waals surface area contributed by atoms with E-state index in [9.17, 15) is 0 Å². The Hall–Kier alpha value is -1.90. The standard InChI is InChI=1S/C16H20N2O.2C2H6/c1-11(2)9-13-5-7-14(8-6-13)15-10-17-16(19-4)18-12(15)3;2*1-2/h5-8,10-11H,9H2,1-4H3;2*1-2H3. The van der Waals surface area contributed by atoms with Gasteiger partial charge in [-0.1, -0.05) is 65.8 Å². The van der Waals surface area contributed by atoms with E-state index in [2.05, 4.69) is 48.1 Å². The number of benzene rings is 1. The summed E-state index contributed by atoms with van der Waals surface area (Å²) in [6.07, 6.45) is 2.93. The van der Waals surface area contributed by atoms with Crippen LogP contribution in [0.25, 0.3) is 11.1 Å². The average molecular weight is 316 g/mol. The molecule has 0 saturated carbocycles. The van der Waals surface area contributed by atoms with E-state index < -0.39 is 0 Å². The molecule has 1 heterocycles. The summed E-state index contributed by atoms with van der Waals surface area (Å²) in [6.45, 7) is 14.4. The first-order valence-electron chi connectivity index (χ1n) is 8.57. The van der Waals surface area contributed by atoms with Gasteiger partial charge in [-0.25, -0.2) is 4.98 Å². The second-order valence-corrected chi connectivity index (χ2v) is 5.15. The smallest absolute Gasteiger partial charge is 0.316 e. The van der Waals surface area contributed by atoms with Crippen molar-refractivity contribution in [1.82, 2.24) is 9.97 Å². The number of rotatable bonds is 4. The highest BCUT2D eigenvalue weighted by Crippen LogP contribution is 2.23. The van der Waals surface area contributed by atoms with Crippen LogP contribution in [0.4, 0.5) is 0 Å². The van der Waals surface area contributed by atoms with Gasteiger partial charge in [-0.05, 0) is 30.4 Å². The SMILES string of the molecule is CC.CC.COc1ncc(-c2ccc(CC(C)C)cc2)c(C)n1. The van der Waals surface area contributed by atoms with E-state index in [0.717, 1.165) is 23.2 Å². The van der Waals surface area contributed by atoms with Crippen molar-refractivity contribution in [2.45, 2.75) is 54.9 Å². The molecule has 0 aliphatic rings. The van der Waals surface area contributed by atoms with Crippen molar-refractivity contribution >= 4 is 0 Å². The first kappa shape index (κ1) is 21.1. The Bertz CT molecular complexity index is 548.